The highest BCUT2D eigenvalue weighted by atomic mass is 32.2. The number of carbonyl (C=O) groups is 1. The fourth-order valence-electron chi connectivity index (χ4n) is 2.20. The van der Waals surface area contributed by atoms with Crippen LogP contribution >= 0.6 is 11.8 Å². The molecule has 2 atom stereocenters. The monoisotopic (exact) mass is 301 g/mol. The van der Waals surface area contributed by atoms with E-state index in [1.54, 1.807) is 4.90 Å². The second-order valence-corrected chi connectivity index (χ2v) is 5.94. The van der Waals surface area contributed by atoms with E-state index in [-0.39, 0.29) is 28.8 Å². The van der Waals surface area contributed by atoms with Crippen molar-refractivity contribution in [3.63, 3.8) is 0 Å². The van der Waals surface area contributed by atoms with Crippen LogP contribution in [0.15, 0.2) is 23.1 Å². The second-order valence-electron chi connectivity index (χ2n) is 4.92. The van der Waals surface area contributed by atoms with Gasteiger partial charge in [0.2, 0.25) is 5.91 Å². The lowest BCUT2D eigenvalue weighted by atomic mass is 10.2. The molecule has 2 unspecified atom stereocenters. The summed E-state index contributed by atoms with van der Waals surface area (Å²) in [7, 11) is 0. The van der Waals surface area contributed by atoms with Gasteiger partial charge in [0.05, 0.1) is 18.0 Å². The van der Waals surface area contributed by atoms with E-state index in [1.807, 2.05) is 13.8 Å². The summed E-state index contributed by atoms with van der Waals surface area (Å²) >= 11 is 1.09. The molecule has 1 aliphatic heterocycles. The Kier molecular flexibility index (Phi) is 4.99. The van der Waals surface area contributed by atoms with Gasteiger partial charge in [-0.15, -0.1) is 11.8 Å². The number of halogens is 2. The van der Waals surface area contributed by atoms with E-state index < -0.39 is 11.6 Å². The van der Waals surface area contributed by atoms with Crippen molar-refractivity contribution in [3.8, 4) is 0 Å². The summed E-state index contributed by atoms with van der Waals surface area (Å²) in [5.41, 5.74) is 0. The smallest absolute Gasteiger partial charge is 0.233 e. The summed E-state index contributed by atoms with van der Waals surface area (Å²) in [6.07, 6.45) is 0.0190. The Balaban J connectivity index is 1.91. The standard InChI is InChI=1S/C14H17F2NO2S/c1-9-6-17(7-10(2)19-9)14(18)8-20-13-4-3-11(15)5-12(13)16/h3-5,9-10H,6-8H2,1-2H3. The second kappa shape index (κ2) is 6.54. The molecule has 110 valence electrons. The summed E-state index contributed by atoms with van der Waals surface area (Å²) < 4.78 is 31.8. The fourth-order valence-corrected chi connectivity index (χ4v) is 3.03. The summed E-state index contributed by atoms with van der Waals surface area (Å²) in [5.74, 6) is -1.16. The molecule has 3 nitrogen and oxygen atoms in total. The molecule has 2 rings (SSSR count). The Labute approximate surface area is 121 Å². The molecule has 0 bridgehead atoms. The third kappa shape index (κ3) is 3.93. The van der Waals surface area contributed by atoms with Crippen LogP contribution < -0.4 is 0 Å². The lowest BCUT2D eigenvalue weighted by Crippen LogP contribution is -2.48. The van der Waals surface area contributed by atoms with E-state index in [0.717, 1.165) is 17.8 Å². The van der Waals surface area contributed by atoms with Gasteiger partial charge in [-0.25, -0.2) is 8.78 Å². The van der Waals surface area contributed by atoms with Gasteiger partial charge < -0.3 is 9.64 Å². The average Bonchev–Trinajstić information content (AvgIpc) is 2.36. The number of nitrogens with zero attached hydrogens (tertiary/aromatic N) is 1. The lowest BCUT2D eigenvalue weighted by Gasteiger charge is -2.35. The van der Waals surface area contributed by atoms with Crippen LogP contribution in [-0.2, 0) is 9.53 Å². The first kappa shape index (κ1) is 15.3. The Bertz CT molecular complexity index is 488. The van der Waals surface area contributed by atoms with Gasteiger partial charge in [0, 0.05) is 24.1 Å². The summed E-state index contributed by atoms with van der Waals surface area (Å²) in [4.78, 5) is 14.1. The van der Waals surface area contributed by atoms with Crippen LogP contribution in [0.4, 0.5) is 8.78 Å². The third-order valence-electron chi connectivity index (χ3n) is 3.02. The predicted molar refractivity (Wildman–Crippen MR) is 73.7 cm³/mol. The minimum absolute atomic E-state index is 0.00950. The molecule has 1 aromatic carbocycles. The molecule has 0 N–H and O–H groups in total. The van der Waals surface area contributed by atoms with Gasteiger partial charge in [-0.2, -0.15) is 0 Å². The van der Waals surface area contributed by atoms with E-state index in [2.05, 4.69) is 0 Å². The predicted octanol–water partition coefficient (Wildman–Crippen LogP) is 2.69. The van der Waals surface area contributed by atoms with E-state index >= 15 is 0 Å². The Morgan fingerprint density at radius 3 is 2.60 bits per heavy atom. The van der Waals surface area contributed by atoms with Crippen molar-refractivity contribution in [2.45, 2.75) is 31.0 Å². The van der Waals surface area contributed by atoms with Crippen molar-refractivity contribution in [1.29, 1.82) is 0 Å². The zero-order valence-corrected chi connectivity index (χ0v) is 12.3. The number of hydrogen-bond acceptors (Lipinski definition) is 3. The summed E-state index contributed by atoms with van der Waals surface area (Å²) in [6.45, 7) is 4.94. The number of benzene rings is 1. The highest BCUT2D eigenvalue weighted by Crippen LogP contribution is 2.23. The third-order valence-corrected chi connectivity index (χ3v) is 4.05. The number of carbonyl (C=O) groups excluding carboxylic acids is 1. The zero-order chi connectivity index (χ0) is 14.7. The highest BCUT2D eigenvalue weighted by molar-refractivity contribution is 8.00. The maximum Gasteiger partial charge on any atom is 0.233 e. The van der Waals surface area contributed by atoms with Crippen LogP contribution in [0.2, 0.25) is 0 Å². The first-order valence-electron chi connectivity index (χ1n) is 6.47. The number of hydrogen-bond donors (Lipinski definition) is 0. The van der Waals surface area contributed by atoms with Gasteiger partial charge in [-0.05, 0) is 26.0 Å². The molecular formula is C14H17F2NO2S. The topological polar surface area (TPSA) is 29.5 Å². The van der Waals surface area contributed by atoms with E-state index in [4.69, 9.17) is 4.74 Å². The fraction of sp³-hybridized carbons (Fsp3) is 0.500. The SMILES string of the molecule is CC1CN(C(=O)CSc2ccc(F)cc2F)CC(C)O1. The molecule has 0 spiro atoms. The van der Waals surface area contributed by atoms with E-state index in [0.29, 0.717) is 13.1 Å². The molecule has 1 aromatic rings. The van der Waals surface area contributed by atoms with Crippen LogP contribution in [0.5, 0.6) is 0 Å². The average molecular weight is 301 g/mol. The molecule has 1 heterocycles. The molecular weight excluding hydrogens is 284 g/mol. The van der Waals surface area contributed by atoms with Crippen molar-refractivity contribution in [3.05, 3.63) is 29.8 Å². The molecule has 1 fully saturated rings. The highest BCUT2D eigenvalue weighted by Gasteiger charge is 2.25. The quantitative estimate of drug-likeness (QED) is 0.804. The van der Waals surface area contributed by atoms with Gasteiger partial charge in [0.15, 0.2) is 0 Å². The minimum atomic E-state index is -0.633. The molecule has 1 aliphatic rings. The van der Waals surface area contributed by atoms with Gasteiger partial charge in [0.1, 0.15) is 11.6 Å². The van der Waals surface area contributed by atoms with Crippen molar-refractivity contribution < 1.29 is 18.3 Å². The van der Waals surface area contributed by atoms with Crippen LogP contribution in [0.3, 0.4) is 0 Å². The van der Waals surface area contributed by atoms with Crippen molar-refractivity contribution in [2.24, 2.45) is 0 Å². The summed E-state index contributed by atoms with van der Waals surface area (Å²) in [5, 5.41) is 0. The lowest BCUT2D eigenvalue weighted by molar-refractivity contribution is -0.140. The molecule has 1 saturated heterocycles. The van der Waals surface area contributed by atoms with Crippen LogP contribution in [0.1, 0.15) is 13.8 Å². The molecule has 0 aromatic heterocycles. The minimum Gasteiger partial charge on any atom is -0.372 e. The number of amides is 1. The Morgan fingerprint density at radius 1 is 1.35 bits per heavy atom. The van der Waals surface area contributed by atoms with Gasteiger partial charge in [-0.3, -0.25) is 4.79 Å². The molecule has 0 saturated carbocycles. The molecule has 1 amide bonds. The van der Waals surface area contributed by atoms with Crippen LogP contribution in [0.25, 0.3) is 0 Å². The maximum absolute atomic E-state index is 13.5. The number of morpholine rings is 1. The largest absolute Gasteiger partial charge is 0.372 e. The van der Waals surface area contributed by atoms with Crippen molar-refractivity contribution >= 4 is 17.7 Å². The summed E-state index contributed by atoms with van der Waals surface area (Å²) in [6, 6.07) is 3.37. The van der Waals surface area contributed by atoms with E-state index in [1.165, 1.54) is 12.1 Å². The normalized spacial score (nSPS) is 22.9. The van der Waals surface area contributed by atoms with Gasteiger partial charge >= 0.3 is 0 Å². The number of thioether (sulfide) groups is 1. The molecule has 0 aliphatic carbocycles. The number of ether oxygens (including phenoxy) is 1. The van der Waals surface area contributed by atoms with Crippen molar-refractivity contribution in [1.82, 2.24) is 4.90 Å². The van der Waals surface area contributed by atoms with Crippen LogP contribution in [0, 0.1) is 11.6 Å². The first-order chi connectivity index (χ1) is 9.45. The maximum atomic E-state index is 13.5. The first-order valence-corrected chi connectivity index (χ1v) is 7.45. The van der Waals surface area contributed by atoms with E-state index in [9.17, 15) is 13.6 Å². The van der Waals surface area contributed by atoms with Gasteiger partial charge in [0.25, 0.3) is 0 Å². The number of rotatable bonds is 3. The molecule has 6 heteroatoms. The zero-order valence-electron chi connectivity index (χ0n) is 11.4. The van der Waals surface area contributed by atoms with Gasteiger partial charge in [-0.1, -0.05) is 0 Å². The molecule has 20 heavy (non-hydrogen) atoms. The van der Waals surface area contributed by atoms with Crippen LogP contribution in [-0.4, -0.2) is 41.9 Å². The Morgan fingerprint density at radius 2 is 2.00 bits per heavy atom. The van der Waals surface area contributed by atoms with Crippen molar-refractivity contribution in [2.75, 3.05) is 18.8 Å². The molecule has 0 radical (unpaired) electrons. The Hall–Kier alpha value is -1.14.